The van der Waals surface area contributed by atoms with Gasteiger partial charge in [-0.2, -0.15) is 0 Å². The summed E-state index contributed by atoms with van der Waals surface area (Å²) in [6.07, 6.45) is 6.09. The van der Waals surface area contributed by atoms with Gasteiger partial charge >= 0.3 is 0 Å². The summed E-state index contributed by atoms with van der Waals surface area (Å²) < 4.78 is 11.3. The van der Waals surface area contributed by atoms with Gasteiger partial charge in [0, 0.05) is 25.5 Å². The zero-order valence-corrected chi connectivity index (χ0v) is 16.2. The molecule has 1 aliphatic heterocycles. The first-order valence-electron chi connectivity index (χ1n) is 9.77. The average molecular weight is 368 g/mol. The van der Waals surface area contributed by atoms with E-state index in [9.17, 15) is 4.79 Å². The third kappa shape index (κ3) is 5.00. The lowest BCUT2D eigenvalue weighted by Gasteiger charge is -2.32. The molecule has 1 aromatic heterocycles. The highest BCUT2D eigenvalue weighted by molar-refractivity contribution is 5.79. The third-order valence-corrected chi connectivity index (χ3v) is 4.99. The standard InChI is InChI=1S/C22H28N2O3/c1-3-26-20-6-5-17(15-21(20)27-4-2)16-22(25)24-13-9-19(10-14-24)18-7-11-23-12-8-18/h5-8,11-12,15,19H,3-4,9-10,13-14,16H2,1-2H3. The van der Waals surface area contributed by atoms with Crippen LogP contribution in [0.4, 0.5) is 0 Å². The van der Waals surface area contributed by atoms with Crippen molar-refractivity contribution in [3.8, 4) is 11.5 Å². The number of hydrogen-bond donors (Lipinski definition) is 0. The molecule has 0 aliphatic carbocycles. The van der Waals surface area contributed by atoms with Crippen molar-refractivity contribution in [2.24, 2.45) is 0 Å². The minimum atomic E-state index is 0.176. The van der Waals surface area contributed by atoms with E-state index in [2.05, 4.69) is 17.1 Å². The highest BCUT2D eigenvalue weighted by Crippen LogP contribution is 2.30. The molecule has 0 atom stereocenters. The fourth-order valence-corrected chi connectivity index (χ4v) is 3.59. The zero-order chi connectivity index (χ0) is 19.1. The number of amides is 1. The van der Waals surface area contributed by atoms with Gasteiger partial charge in [-0.15, -0.1) is 0 Å². The van der Waals surface area contributed by atoms with Crippen LogP contribution in [0, 0.1) is 0 Å². The first-order chi connectivity index (χ1) is 13.2. The number of nitrogens with zero attached hydrogens (tertiary/aromatic N) is 2. The first-order valence-corrected chi connectivity index (χ1v) is 9.77. The van der Waals surface area contributed by atoms with Crippen LogP contribution in [0.2, 0.25) is 0 Å². The van der Waals surface area contributed by atoms with Crippen LogP contribution in [0.1, 0.15) is 43.7 Å². The van der Waals surface area contributed by atoms with Gasteiger partial charge in [-0.1, -0.05) is 6.07 Å². The molecule has 0 N–H and O–H groups in total. The van der Waals surface area contributed by atoms with Crippen LogP contribution in [0.15, 0.2) is 42.7 Å². The van der Waals surface area contributed by atoms with E-state index in [-0.39, 0.29) is 5.91 Å². The quantitative estimate of drug-likeness (QED) is 0.745. The molecule has 2 aromatic rings. The van der Waals surface area contributed by atoms with Gasteiger partial charge in [0.05, 0.1) is 19.6 Å². The van der Waals surface area contributed by atoms with Crippen molar-refractivity contribution in [2.75, 3.05) is 26.3 Å². The topological polar surface area (TPSA) is 51.7 Å². The van der Waals surface area contributed by atoms with Crippen molar-refractivity contribution in [1.82, 2.24) is 9.88 Å². The normalized spacial score (nSPS) is 14.8. The fraction of sp³-hybridized carbons (Fsp3) is 0.455. The number of likely N-dealkylation sites (tertiary alicyclic amines) is 1. The van der Waals surface area contributed by atoms with E-state index >= 15 is 0 Å². The Bertz CT molecular complexity index is 740. The molecular formula is C22H28N2O3. The highest BCUT2D eigenvalue weighted by atomic mass is 16.5. The predicted octanol–water partition coefficient (Wildman–Crippen LogP) is 3.83. The summed E-state index contributed by atoms with van der Waals surface area (Å²) in [5.41, 5.74) is 2.29. The minimum absolute atomic E-state index is 0.176. The van der Waals surface area contributed by atoms with E-state index in [4.69, 9.17) is 9.47 Å². The third-order valence-electron chi connectivity index (χ3n) is 4.99. The minimum Gasteiger partial charge on any atom is -0.490 e. The number of carbonyl (C=O) groups excluding carboxylic acids is 1. The van der Waals surface area contributed by atoms with Gasteiger partial charge < -0.3 is 14.4 Å². The Kier molecular flexibility index (Phi) is 6.69. The Hall–Kier alpha value is -2.56. The molecule has 2 heterocycles. The van der Waals surface area contributed by atoms with Crippen LogP contribution in [0.3, 0.4) is 0 Å². The molecular weight excluding hydrogens is 340 g/mol. The molecule has 0 radical (unpaired) electrons. The lowest BCUT2D eigenvalue weighted by atomic mass is 9.90. The van der Waals surface area contributed by atoms with Crippen molar-refractivity contribution in [3.05, 3.63) is 53.9 Å². The number of carbonyl (C=O) groups is 1. The second-order valence-electron chi connectivity index (χ2n) is 6.76. The summed E-state index contributed by atoms with van der Waals surface area (Å²) >= 11 is 0. The zero-order valence-electron chi connectivity index (χ0n) is 16.2. The summed E-state index contributed by atoms with van der Waals surface area (Å²) in [4.78, 5) is 18.8. The summed E-state index contributed by atoms with van der Waals surface area (Å²) in [5, 5.41) is 0. The smallest absolute Gasteiger partial charge is 0.226 e. The second kappa shape index (κ2) is 9.40. The van der Waals surface area contributed by atoms with E-state index in [0.29, 0.717) is 31.3 Å². The van der Waals surface area contributed by atoms with Crippen molar-refractivity contribution in [3.63, 3.8) is 0 Å². The predicted molar refractivity (Wildman–Crippen MR) is 105 cm³/mol. The molecule has 5 nitrogen and oxygen atoms in total. The SMILES string of the molecule is CCOc1ccc(CC(=O)N2CCC(c3ccncc3)CC2)cc1OCC. The van der Waals surface area contributed by atoms with Crippen LogP contribution in [0.5, 0.6) is 11.5 Å². The average Bonchev–Trinajstić information content (AvgIpc) is 2.71. The van der Waals surface area contributed by atoms with E-state index in [1.54, 1.807) is 0 Å². The lowest BCUT2D eigenvalue weighted by molar-refractivity contribution is -0.131. The van der Waals surface area contributed by atoms with Gasteiger partial charge in [-0.05, 0) is 68.0 Å². The number of aromatic nitrogens is 1. The monoisotopic (exact) mass is 368 g/mol. The number of piperidine rings is 1. The number of hydrogen-bond acceptors (Lipinski definition) is 4. The summed E-state index contributed by atoms with van der Waals surface area (Å²) in [6, 6.07) is 9.94. The van der Waals surface area contributed by atoms with E-state index in [0.717, 1.165) is 37.2 Å². The number of pyridine rings is 1. The Labute approximate surface area is 161 Å². The fourth-order valence-electron chi connectivity index (χ4n) is 3.59. The van der Waals surface area contributed by atoms with E-state index in [1.165, 1.54) is 5.56 Å². The molecule has 144 valence electrons. The second-order valence-corrected chi connectivity index (χ2v) is 6.76. The molecule has 0 bridgehead atoms. The molecule has 1 saturated heterocycles. The van der Waals surface area contributed by atoms with Gasteiger partial charge in [0.15, 0.2) is 11.5 Å². The summed E-state index contributed by atoms with van der Waals surface area (Å²) in [5.74, 6) is 2.14. The molecule has 27 heavy (non-hydrogen) atoms. The molecule has 1 fully saturated rings. The van der Waals surface area contributed by atoms with Gasteiger partial charge in [-0.25, -0.2) is 0 Å². The molecule has 1 amide bonds. The molecule has 0 saturated carbocycles. The maximum atomic E-state index is 12.7. The maximum Gasteiger partial charge on any atom is 0.226 e. The van der Waals surface area contributed by atoms with Crippen LogP contribution < -0.4 is 9.47 Å². The van der Waals surface area contributed by atoms with E-state index in [1.807, 2.05) is 49.3 Å². The molecule has 0 spiro atoms. The lowest BCUT2D eigenvalue weighted by Crippen LogP contribution is -2.38. The van der Waals surface area contributed by atoms with Crippen molar-refractivity contribution >= 4 is 5.91 Å². The first kappa shape index (κ1) is 19.2. The number of ether oxygens (including phenoxy) is 2. The molecule has 1 aliphatic rings. The maximum absolute atomic E-state index is 12.7. The molecule has 1 aromatic carbocycles. The summed E-state index contributed by atoms with van der Waals surface area (Å²) in [6.45, 7) is 6.66. The van der Waals surface area contributed by atoms with Crippen molar-refractivity contribution in [1.29, 1.82) is 0 Å². The Morgan fingerprint density at radius 3 is 2.37 bits per heavy atom. The van der Waals surface area contributed by atoms with Crippen molar-refractivity contribution in [2.45, 2.75) is 39.0 Å². The van der Waals surface area contributed by atoms with Gasteiger partial charge in [0.2, 0.25) is 5.91 Å². The van der Waals surface area contributed by atoms with Gasteiger partial charge in [-0.3, -0.25) is 9.78 Å². The van der Waals surface area contributed by atoms with Crippen LogP contribution >= 0.6 is 0 Å². The highest BCUT2D eigenvalue weighted by Gasteiger charge is 2.24. The molecule has 3 rings (SSSR count). The Morgan fingerprint density at radius 1 is 1.04 bits per heavy atom. The molecule has 0 unspecified atom stereocenters. The Morgan fingerprint density at radius 2 is 1.70 bits per heavy atom. The number of rotatable bonds is 7. The molecule has 5 heteroatoms. The van der Waals surface area contributed by atoms with Crippen molar-refractivity contribution < 1.29 is 14.3 Å². The summed E-state index contributed by atoms with van der Waals surface area (Å²) in [7, 11) is 0. The van der Waals surface area contributed by atoms with Crippen LogP contribution in [0.25, 0.3) is 0 Å². The number of benzene rings is 1. The van der Waals surface area contributed by atoms with Gasteiger partial charge in [0.25, 0.3) is 0 Å². The van der Waals surface area contributed by atoms with Crippen LogP contribution in [-0.2, 0) is 11.2 Å². The van der Waals surface area contributed by atoms with Gasteiger partial charge in [0.1, 0.15) is 0 Å². The largest absolute Gasteiger partial charge is 0.490 e. The van der Waals surface area contributed by atoms with Crippen LogP contribution in [-0.4, -0.2) is 42.1 Å². The van der Waals surface area contributed by atoms with E-state index < -0.39 is 0 Å². The Balaban J connectivity index is 1.58.